The predicted molar refractivity (Wildman–Crippen MR) is 81.7 cm³/mol. The Kier molecular flexibility index (Phi) is 4.45. The van der Waals surface area contributed by atoms with Crippen molar-refractivity contribution in [3.8, 4) is 11.5 Å². The third-order valence-electron chi connectivity index (χ3n) is 3.30. The third-order valence-corrected chi connectivity index (χ3v) is 3.30. The zero-order chi connectivity index (χ0) is 15.4. The molecule has 110 valence electrons. The maximum atomic E-state index is 12.4. The first-order valence-corrected chi connectivity index (χ1v) is 6.51. The van der Waals surface area contributed by atoms with E-state index in [1.54, 1.807) is 19.2 Å². The van der Waals surface area contributed by atoms with Crippen molar-refractivity contribution in [2.45, 2.75) is 6.54 Å². The molecule has 0 aliphatic heterocycles. The Bertz CT molecular complexity index is 638. The van der Waals surface area contributed by atoms with Gasteiger partial charge in [0.05, 0.1) is 12.7 Å². The molecule has 0 aliphatic carbocycles. The summed E-state index contributed by atoms with van der Waals surface area (Å²) in [5.74, 6) is 0.0967. The number of nitrogens with zero attached hydrogens (tertiary/aromatic N) is 1. The summed E-state index contributed by atoms with van der Waals surface area (Å²) in [5, 5.41) is 9.93. The van der Waals surface area contributed by atoms with Crippen molar-refractivity contribution < 1.29 is 14.6 Å². The number of carbonyl (C=O) groups excluding carboxylic acids is 1. The number of methoxy groups -OCH3 is 1. The number of nitrogens with two attached hydrogens (primary N) is 1. The van der Waals surface area contributed by atoms with Crippen LogP contribution in [0.1, 0.15) is 15.9 Å². The van der Waals surface area contributed by atoms with Crippen molar-refractivity contribution in [1.29, 1.82) is 0 Å². The number of rotatable bonds is 4. The summed E-state index contributed by atoms with van der Waals surface area (Å²) in [7, 11) is 3.16. The second-order valence-corrected chi connectivity index (χ2v) is 4.62. The molecular weight excluding hydrogens is 268 g/mol. The predicted octanol–water partition coefficient (Wildman–Crippen LogP) is 2.14. The number of hydrogen-bond donors (Lipinski definition) is 2. The lowest BCUT2D eigenvalue weighted by Crippen LogP contribution is -2.26. The maximum Gasteiger partial charge on any atom is 0.261 e. The molecule has 0 unspecified atom stereocenters. The van der Waals surface area contributed by atoms with Gasteiger partial charge in [-0.05, 0) is 29.8 Å². The van der Waals surface area contributed by atoms with E-state index in [0.29, 0.717) is 12.3 Å². The van der Waals surface area contributed by atoms with Crippen LogP contribution in [0.3, 0.4) is 0 Å². The molecule has 0 fully saturated rings. The van der Waals surface area contributed by atoms with Gasteiger partial charge in [0, 0.05) is 25.3 Å². The van der Waals surface area contributed by atoms with E-state index in [9.17, 15) is 9.90 Å². The Morgan fingerprint density at radius 1 is 1.24 bits per heavy atom. The quantitative estimate of drug-likeness (QED) is 0.903. The van der Waals surface area contributed by atoms with Crippen molar-refractivity contribution in [2.75, 3.05) is 19.1 Å². The van der Waals surface area contributed by atoms with E-state index >= 15 is 0 Å². The molecule has 0 spiro atoms. The highest BCUT2D eigenvalue weighted by Crippen LogP contribution is 2.26. The van der Waals surface area contributed by atoms with Gasteiger partial charge >= 0.3 is 0 Å². The summed E-state index contributed by atoms with van der Waals surface area (Å²) in [5.41, 5.74) is 7.49. The molecule has 0 aromatic heterocycles. The van der Waals surface area contributed by atoms with Crippen LogP contribution in [0.4, 0.5) is 5.69 Å². The maximum absolute atomic E-state index is 12.4. The van der Waals surface area contributed by atoms with Crippen molar-refractivity contribution in [3.63, 3.8) is 0 Å². The number of carbonyl (C=O) groups is 1. The standard InChI is InChI=1S/C16H18N2O3/c1-18(12-5-3-11(10-17)4-6-12)16(20)14-8-7-13(21-2)9-15(14)19/h3-9,19H,10,17H2,1-2H3. The van der Waals surface area contributed by atoms with E-state index in [1.807, 2.05) is 24.3 Å². The molecule has 2 aromatic rings. The monoisotopic (exact) mass is 286 g/mol. The fraction of sp³-hybridized carbons (Fsp3) is 0.188. The Balaban J connectivity index is 2.25. The molecule has 0 saturated carbocycles. The Morgan fingerprint density at radius 2 is 1.90 bits per heavy atom. The van der Waals surface area contributed by atoms with Gasteiger partial charge in [0.1, 0.15) is 11.5 Å². The number of aromatic hydroxyl groups is 1. The molecule has 0 bridgehead atoms. The van der Waals surface area contributed by atoms with Crippen LogP contribution in [0.25, 0.3) is 0 Å². The molecule has 2 rings (SSSR count). The summed E-state index contributed by atoms with van der Waals surface area (Å²) in [6.45, 7) is 0.456. The third kappa shape index (κ3) is 3.14. The first-order valence-electron chi connectivity index (χ1n) is 6.51. The Hall–Kier alpha value is -2.53. The van der Waals surface area contributed by atoms with Crippen LogP contribution in [0.15, 0.2) is 42.5 Å². The summed E-state index contributed by atoms with van der Waals surface area (Å²) in [6, 6.07) is 12.0. The van der Waals surface area contributed by atoms with Crippen LogP contribution in [0.2, 0.25) is 0 Å². The molecule has 0 heterocycles. The number of benzene rings is 2. The van der Waals surface area contributed by atoms with Gasteiger partial charge in [-0.25, -0.2) is 0 Å². The molecule has 0 atom stereocenters. The normalized spacial score (nSPS) is 10.2. The summed E-state index contributed by atoms with van der Waals surface area (Å²) in [6.07, 6.45) is 0. The number of phenols is 1. The van der Waals surface area contributed by atoms with Crippen LogP contribution in [0.5, 0.6) is 11.5 Å². The average Bonchev–Trinajstić information content (AvgIpc) is 2.53. The fourth-order valence-corrected chi connectivity index (χ4v) is 1.97. The lowest BCUT2D eigenvalue weighted by atomic mass is 10.1. The molecular formula is C16H18N2O3. The van der Waals surface area contributed by atoms with E-state index in [4.69, 9.17) is 10.5 Å². The smallest absolute Gasteiger partial charge is 0.261 e. The molecule has 0 radical (unpaired) electrons. The second kappa shape index (κ2) is 6.28. The molecule has 21 heavy (non-hydrogen) atoms. The van der Waals surface area contributed by atoms with Crippen LogP contribution in [-0.4, -0.2) is 25.2 Å². The minimum Gasteiger partial charge on any atom is -0.507 e. The van der Waals surface area contributed by atoms with Gasteiger partial charge in [0.15, 0.2) is 0 Å². The summed E-state index contributed by atoms with van der Waals surface area (Å²) >= 11 is 0. The van der Waals surface area contributed by atoms with Gasteiger partial charge in [-0.15, -0.1) is 0 Å². The highest BCUT2D eigenvalue weighted by atomic mass is 16.5. The van der Waals surface area contributed by atoms with E-state index in [-0.39, 0.29) is 17.2 Å². The average molecular weight is 286 g/mol. The van der Waals surface area contributed by atoms with E-state index in [0.717, 1.165) is 11.3 Å². The molecule has 0 saturated heterocycles. The first kappa shape index (κ1) is 14.9. The van der Waals surface area contributed by atoms with Crippen molar-refractivity contribution >= 4 is 11.6 Å². The zero-order valence-corrected chi connectivity index (χ0v) is 12.0. The topological polar surface area (TPSA) is 75.8 Å². The molecule has 2 aromatic carbocycles. The Morgan fingerprint density at radius 3 is 2.43 bits per heavy atom. The lowest BCUT2D eigenvalue weighted by Gasteiger charge is -2.18. The highest BCUT2D eigenvalue weighted by Gasteiger charge is 2.17. The summed E-state index contributed by atoms with van der Waals surface area (Å²) in [4.78, 5) is 13.9. The number of anilines is 1. The first-order chi connectivity index (χ1) is 10.1. The van der Waals surface area contributed by atoms with Gasteiger partial charge < -0.3 is 20.5 Å². The van der Waals surface area contributed by atoms with Gasteiger partial charge in [-0.3, -0.25) is 4.79 Å². The lowest BCUT2D eigenvalue weighted by molar-refractivity contribution is 0.0990. The van der Waals surface area contributed by atoms with Crippen molar-refractivity contribution in [3.05, 3.63) is 53.6 Å². The summed E-state index contributed by atoms with van der Waals surface area (Å²) < 4.78 is 5.00. The van der Waals surface area contributed by atoms with Crippen LogP contribution in [0, 0.1) is 0 Å². The van der Waals surface area contributed by atoms with Gasteiger partial charge in [0.25, 0.3) is 5.91 Å². The molecule has 0 aliphatic rings. The largest absolute Gasteiger partial charge is 0.507 e. The van der Waals surface area contributed by atoms with Gasteiger partial charge in [0.2, 0.25) is 0 Å². The Labute approximate surface area is 123 Å². The zero-order valence-electron chi connectivity index (χ0n) is 12.0. The molecule has 5 heteroatoms. The minimum atomic E-state index is -0.296. The SMILES string of the molecule is COc1ccc(C(=O)N(C)c2ccc(CN)cc2)c(O)c1. The number of amides is 1. The van der Waals surface area contributed by atoms with Gasteiger partial charge in [-0.1, -0.05) is 12.1 Å². The minimum absolute atomic E-state index is 0.107. The van der Waals surface area contributed by atoms with E-state index < -0.39 is 0 Å². The number of ether oxygens (including phenoxy) is 1. The van der Waals surface area contributed by atoms with Crippen molar-refractivity contribution in [2.24, 2.45) is 5.73 Å². The van der Waals surface area contributed by atoms with E-state index in [2.05, 4.69) is 0 Å². The van der Waals surface area contributed by atoms with Gasteiger partial charge in [-0.2, -0.15) is 0 Å². The van der Waals surface area contributed by atoms with Crippen molar-refractivity contribution in [1.82, 2.24) is 0 Å². The van der Waals surface area contributed by atoms with Crippen LogP contribution in [-0.2, 0) is 6.54 Å². The molecule has 3 N–H and O–H groups in total. The molecule has 1 amide bonds. The fourth-order valence-electron chi connectivity index (χ4n) is 1.97. The number of hydrogen-bond acceptors (Lipinski definition) is 4. The second-order valence-electron chi connectivity index (χ2n) is 4.62. The van der Waals surface area contributed by atoms with Crippen LogP contribution < -0.4 is 15.4 Å². The number of phenolic OH excluding ortho intramolecular Hbond substituents is 1. The highest BCUT2D eigenvalue weighted by molar-refractivity contribution is 6.07. The molecule has 5 nitrogen and oxygen atoms in total. The van der Waals surface area contributed by atoms with E-state index in [1.165, 1.54) is 18.1 Å². The van der Waals surface area contributed by atoms with Crippen LogP contribution >= 0.6 is 0 Å².